The summed E-state index contributed by atoms with van der Waals surface area (Å²) in [5.74, 6) is 0. The molecule has 1 aromatic heterocycles. The molecule has 0 radical (unpaired) electrons. The van der Waals surface area contributed by atoms with Crippen LogP contribution in [0.15, 0.2) is 30.6 Å². The van der Waals surface area contributed by atoms with Crippen molar-refractivity contribution in [3.05, 3.63) is 36.3 Å². The summed E-state index contributed by atoms with van der Waals surface area (Å²) in [6, 6.07) is 5.88. The first-order valence-corrected chi connectivity index (χ1v) is 6.76. The van der Waals surface area contributed by atoms with E-state index < -0.39 is 0 Å². The lowest BCUT2D eigenvalue weighted by molar-refractivity contribution is 0.0696. The Morgan fingerprint density at radius 1 is 1.37 bits per heavy atom. The fraction of sp³-hybridized carbons (Fsp3) is 0.429. The van der Waals surface area contributed by atoms with Crippen LogP contribution in [0.4, 0.5) is 0 Å². The predicted molar refractivity (Wildman–Crippen MR) is 80.9 cm³/mol. The van der Waals surface area contributed by atoms with Crippen LogP contribution in [0.1, 0.15) is 5.69 Å². The van der Waals surface area contributed by atoms with Crippen molar-refractivity contribution in [1.29, 1.82) is 0 Å². The Bertz CT molecular complexity index is 453. The van der Waals surface area contributed by atoms with Gasteiger partial charge in [-0.25, -0.2) is 0 Å². The highest BCUT2D eigenvalue weighted by Crippen LogP contribution is 2.17. The topological polar surface area (TPSA) is 28.6 Å². The van der Waals surface area contributed by atoms with Gasteiger partial charge >= 0.3 is 0 Å². The fourth-order valence-electron chi connectivity index (χ4n) is 1.95. The summed E-state index contributed by atoms with van der Waals surface area (Å²) >= 11 is 5.63. The maximum atomic E-state index is 5.63. The lowest BCUT2D eigenvalue weighted by Gasteiger charge is -2.30. The molecule has 0 aromatic carbocycles. The molecule has 2 heterocycles. The highest BCUT2D eigenvalue weighted by Gasteiger charge is 2.19. The molecular formula is C14H19N3OS. The molecule has 0 N–H and O–H groups in total. The Labute approximate surface area is 119 Å². The number of rotatable bonds is 3. The van der Waals surface area contributed by atoms with Crippen molar-refractivity contribution in [1.82, 2.24) is 14.8 Å². The van der Waals surface area contributed by atoms with Crippen molar-refractivity contribution in [2.45, 2.75) is 0 Å². The monoisotopic (exact) mass is 277 g/mol. The lowest BCUT2D eigenvalue weighted by Crippen LogP contribution is -2.40. The van der Waals surface area contributed by atoms with Crippen molar-refractivity contribution < 1.29 is 4.74 Å². The SMILES string of the molecule is CN(C)C=C(C(=S)N1CCOCC1)c1ccccn1. The van der Waals surface area contributed by atoms with E-state index in [-0.39, 0.29) is 0 Å². The first-order valence-electron chi connectivity index (χ1n) is 6.35. The summed E-state index contributed by atoms with van der Waals surface area (Å²) in [4.78, 5) is 9.43. The largest absolute Gasteiger partial charge is 0.383 e. The Hall–Kier alpha value is -1.46. The average Bonchev–Trinajstić information content (AvgIpc) is 2.46. The van der Waals surface area contributed by atoms with Gasteiger partial charge in [0, 0.05) is 39.6 Å². The van der Waals surface area contributed by atoms with Crippen LogP contribution in [0.2, 0.25) is 0 Å². The van der Waals surface area contributed by atoms with Gasteiger partial charge in [-0.1, -0.05) is 18.3 Å². The van der Waals surface area contributed by atoms with Gasteiger partial charge in [-0.05, 0) is 12.1 Å². The van der Waals surface area contributed by atoms with Gasteiger partial charge in [-0.15, -0.1) is 0 Å². The van der Waals surface area contributed by atoms with Crippen molar-refractivity contribution in [3.8, 4) is 0 Å². The Morgan fingerprint density at radius 3 is 2.68 bits per heavy atom. The second-order valence-electron chi connectivity index (χ2n) is 4.63. The molecule has 1 saturated heterocycles. The third kappa shape index (κ3) is 3.75. The number of thiocarbonyl (C=S) groups is 1. The van der Waals surface area contributed by atoms with Crippen LogP contribution >= 0.6 is 12.2 Å². The highest BCUT2D eigenvalue weighted by atomic mass is 32.1. The molecule has 0 amide bonds. The van der Waals surface area contributed by atoms with Crippen LogP contribution in [-0.2, 0) is 4.74 Å². The maximum Gasteiger partial charge on any atom is 0.113 e. The molecule has 19 heavy (non-hydrogen) atoms. The molecular weight excluding hydrogens is 258 g/mol. The molecule has 1 aromatic rings. The highest BCUT2D eigenvalue weighted by molar-refractivity contribution is 7.81. The van der Waals surface area contributed by atoms with Gasteiger partial charge < -0.3 is 14.5 Å². The van der Waals surface area contributed by atoms with Gasteiger partial charge in [0.1, 0.15) is 4.99 Å². The van der Waals surface area contributed by atoms with E-state index in [2.05, 4.69) is 9.88 Å². The van der Waals surface area contributed by atoms with Crippen molar-refractivity contribution >= 4 is 22.8 Å². The van der Waals surface area contributed by atoms with E-state index in [4.69, 9.17) is 17.0 Å². The van der Waals surface area contributed by atoms with Gasteiger partial charge in [-0.3, -0.25) is 4.98 Å². The van der Waals surface area contributed by atoms with E-state index >= 15 is 0 Å². The second kappa shape index (κ2) is 6.63. The third-order valence-corrected chi connectivity index (χ3v) is 3.33. The standard InChI is InChI=1S/C14H19N3OS/c1-16(2)11-12(13-5-3-4-6-15-13)14(19)17-7-9-18-10-8-17/h3-6,11H,7-10H2,1-2H3. The van der Waals surface area contributed by atoms with E-state index in [1.165, 1.54) is 0 Å². The van der Waals surface area contributed by atoms with E-state index in [0.29, 0.717) is 0 Å². The summed E-state index contributed by atoms with van der Waals surface area (Å²) in [6.07, 6.45) is 3.82. The molecule has 0 atom stereocenters. The number of nitrogens with zero attached hydrogens (tertiary/aromatic N) is 3. The number of hydrogen-bond acceptors (Lipinski definition) is 4. The molecule has 0 bridgehead atoms. The maximum absolute atomic E-state index is 5.63. The van der Waals surface area contributed by atoms with E-state index in [1.54, 1.807) is 6.20 Å². The van der Waals surface area contributed by atoms with Crippen molar-refractivity contribution in [3.63, 3.8) is 0 Å². The summed E-state index contributed by atoms with van der Waals surface area (Å²) in [6.45, 7) is 3.15. The number of ether oxygens (including phenoxy) is 1. The minimum atomic E-state index is 0.734. The van der Waals surface area contributed by atoms with E-state index in [0.717, 1.165) is 42.6 Å². The van der Waals surface area contributed by atoms with Crippen LogP contribution in [0.3, 0.4) is 0 Å². The first kappa shape index (κ1) is 14.0. The zero-order valence-electron chi connectivity index (χ0n) is 11.4. The van der Waals surface area contributed by atoms with Gasteiger partial charge in [0.05, 0.1) is 24.5 Å². The summed E-state index contributed by atoms with van der Waals surface area (Å²) in [5, 5.41) is 0. The van der Waals surface area contributed by atoms with Crippen LogP contribution in [0.25, 0.3) is 5.57 Å². The average molecular weight is 277 g/mol. The lowest BCUT2D eigenvalue weighted by atomic mass is 10.1. The Kier molecular flexibility index (Phi) is 4.87. The number of pyridine rings is 1. The van der Waals surface area contributed by atoms with Crippen molar-refractivity contribution in [2.75, 3.05) is 40.4 Å². The fourth-order valence-corrected chi connectivity index (χ4v) is 2.29. The molecule has 102 valence electrons. The zero-order chi connectivity index (χ0) is 13.7. The van der Waals surface area contributed by atoms with Crippen LogP contribution in [0, 0.1) is 0 Å². The molecule has 1 aliphatic heterocycles. The minimum absolute atomic E-state index is 0.734. The number of aromatic nitrogens is 1. The predicted octanol–water partition coefficient (Wildman–Crippen LogP) is 1.64. The van der Waals surface area contributed by atoms with E-state index in [9.17, 15) is 0 Å². The van der Waals surface area contributed by atoms with Gasteiger partial charge in [0.15, 0.2) is 0 Å². The molecule has 2 rings (SSSR count). The van der Waals surface area contributed by atoms with Gasteiger partial charge in [0.25, 0.3) is 0 Å². The van der Waals surface area contributed by atoms with E-state index in [1.807, 2.05) is 43.4 Å². The zero-order valence-corrected chi connectivity index (χ0v) is 12.2. The van der Waals surface area contributed by atoms with Crippen LogP contribution in [0.5, 0.6) is 0 Å². The molecule has 0 aliphatic carbocycles. The summed E-state index contributed by atoms with van der Waals surface area (Å²) < 4.78 is 5.37. The number of morpholine rings is 1. The summed E-state index contributed by atoms with van der Waals surface area (Å²) in [5.41, 5.74) is 1.90. The minimum Gasteiger partial charge on any atom is -0.383 e. The normalized spacial score (nSPS) is 16.3. The second-order valence-corrected chi connectivity index (χ2v) is 5.01. The molecule has 0 saturated carbocycles. The molecule has 4 nitrogen and oxygen atoms in total. The van der Waals surface area contributed by atoms with Crippen LogP contribution < -0.4 is 0 Å². The quantitative estimate of drug-likeness (QED) is 0.619. The number of hydrogen-bond donors (Lipinski definition) is 0. The van der Waals surface area contributed by atoms with Crippen molar-refractivity contribution in [2.24, 2.45) is 0 Å². The van der Waals surface area contributed by atoms with Crippen LogP contribution in [-0.4, -0.2) is 60.2 Å². The van der Waals surface area contributed by atoms with Gasteiger partial charge in [0.2, 0.25) is 0 Å². The Morgan fingerprint density at radius 2 is 2.11 bits per heavy atom. The molecule has 1 fully saturated rings. The molecule has 0 spiro atoms. The summed E-state index contributed by atoms with van der Waals surface area (Å²) in [7, 11) is 3.98. The third-order valence-electron chi connectivity index (χ3n) is 2.86. The molecule has 5 heteroatoms. The molecule has 1 aliphatic rings. The molecule has 0 unspecified atom stereocenters. The first-order chi connectivity index (χ1) is 9.18. The Balaban J connectivity index is 2.25. The smallest absolute Gasteiger partial charge is 0.113 e. The van der Waals surface area contributed by atoms with Gasteiger partial charge in [-0.2, -0.15) is 0 Å².